The second-order valence-corrected chi connectivity index (χ2v) is 6.52. The van der Waals surface area contributed by atoms with Gasteiger partial charge in [0, 0.05) is 16.8 Å². The zero-order valence-electron chi connectivity index (χ0n) is 13.6. The lowest BCUT2D eigenvalue weighted by Gasteiger charge is -2.22. The van der Waals surface area contributed by atoms with Crippen molar-refractivity contribution in [2.24, 2.45) is 0 Å². The largest absolute Gasteiger partial charge is 0.495 e. The lowest BCUT2D eigenvalue weighted by molar-refractivity contribution is 0.415. The standard InChI is InChI=1S/C20H19ClN2O/c1-24-19-11-10-13(12-16(19)21)22-20-14-6-2-4-8-17(14)23-18-9-5-3-7-15(18)20/h2,4,6,8,10-12H,3,5,7,9H2,1H3,(H,22,23). The second kappa shape index (κ2) is 6.33. The van der Waals surface area contributed by atoms with E-state index in [4.69, 9.17) is 21.3 Å². The van der Waals surface area contributed by atoms with Gasteiger partial charge in [-0.3, -0.25) is 4.98 Å². The van der Waals surface area contributed by atoms with Gasteiger partial charge in [0.15, 0.2) is 0 Å². The molecule has 0 bridgehead atoms. The van der Waals surface area contributed by atoms with Crippen LogP contribution in [-0.4, -0.2) is 12.1 Å². The number of fused-ring (bicyclic) bond motifs is 2. The number of nitrogens with one attached hydrogen (secondary N) is 1. The maximum Gasteiger partial charge on any atom is 0.137 e. The predicted octanol–water partition coefficient (Wildman–Crippen LogP) is 5.52. The van der Waals surface area contributed by atoms with Crippen LogP contribution in [-0.2, 0) is 12.8 Å². The van der Waals surface area contributed by atoms with Gasteiger partial charge in [-0.15, -0.1) is 0 Å². The number of anilines is 2. The highest BCUT2D eigenvalue weighted by Crippen LogP contribution is 2.36. The van der Waals surface area contributed by atoms with Gasteiger partial charge in [0.05, 0.1) is 23.3 Å². The normalized spacial score (nSPS) is 13.6. The van der Waals surface area contributed by atoms with Crippen molar-refractivity contribution in [3.63, 3.8) is 0 Å². The molecule has 0 fully saturated rings. The van der Waals surface area contributed by atoms with E-state index < -0.39 is 0 Å². The van der Waals surface area contributed by atoms with Crippen molar-refractivity contribution in [1.29, 1.82) is 0 Å². The van der Waals surface area contributed by atoms with E-state index in [9.17, 15) is 0 Å². The molecule has 4 rings (SSSR count). The molecule has 0 unspecified atom stereocenters. The van der Waals surface area contributed by atoms with Gasteiger partial charge in [-0.25, -0.2) is 0 Å². The van der Waals surface area contributed by atoms with Crippen molar-refractivity contribution in [3.8, 4) is 5.75 Å². The molecule has 0 aliphatic heterocycles. The molecule has 122 valence electrons. The average Bonchev–Trinajstić information content (AvgIpc) is 2.62. The van der Waals surface area contributed by atoms with Crippen molar-refractivity contribution in [1.82, 2.24) is 4.98 Å². The molecule has 1 aromatic heterocycles. The zero-order chi connectivity index (χ0) is 16.5. The Hall–Kier alpha value is -2.26. The molecule has 0 spiro atoms. The summed E-state index contributed by atoms with van der Waals surface area (Å²) in [6, 6.07) is 14.1. The van der Waals surface area contributed by atoms with Gasteiger partial charge >= 0.3 is 0 Å². The molecule has 0 amide bonds. The van der Waals surface area contributed by atoms with Crippen LogP contribution in [0.5, 0.6) is 5.75 Å². The van der Waals surface area contributed by atoms with Crippen LogP contribution in [0, 0.1) is 0 Å². The second-order valence-electron chi connectivity index (χ2n) is 6.11. The summed E-state index contributed by atoms with van der Waals surface area (Å²) in [5.41, 5.74) is 5.73. The third kappa shape index (κ3) is 2.69. The van der Waals surface area contributed by atoms with Crippen LogP contribution in [0.1, 0.15) is 24.1 Å². The fourth-order valence-corrected chi connectivity index (χ4v) is 3.66. The lowest BCUT2D eigenvalue weighted by atomic mass is 9.92. The van der Waals surface area contributed by atoms with Gasteiger partial charge in [0.25, 0.3) is 0 Å². The molecule has 3 aromatic rings. The van der Waals surface area contributed by atoms with Gasteiger partial charge in [0.1, 0.15) is 5.75 Å². The van der Waals surface area contributed by atoms with Crippen LogP contribution in [0.4, 0.5) is 11.4 Å². The van der Waals surface area contributed by atoms with E-state index >= 15 is 0 Å². The van der Waals surface area contributed by atoms with E-state index in [1.54, 1.807) is 7.11 Å². The number of nitrogens with zero attached hydrogens (tertiary/aromatic N) is 1. The van der Waals surface area contributed by atoms with E-state index in [1.165, 1.54) is 24.1 Å². The third-order valence-corrected chi connectivity index (χ3v) is 4.89. The Labute approximate surface area is 146 Å². The molecular formula is C20H19ClN2O. The molecule has 1 aliphatic carbocycles. The topological polar surface area (TPSA) is 34.1 Å². The predicted molar refractivity (Wildman–Crippen MR) is 99.7 cm³/mol. The number of hydrogen-bond acceptors (Lipinski definition) is 3. The summed E-state index contributed by atoms with van der Waals surface area (Å²) >= 11 is 6.28. The molecule has 24 heavy (non-hydrogen) atoms. The average molecular weight is 339 g/mol. The number of hydrogen-bond donors (Lipinski definition) is 1. The summed E-state index contributed by atoms with van der Waals surface area (Å²) in [6.07, 6.45) is 4.55. The van der Waals surface area contributed by atoms with E-state index in [-0.39, 0.29) is 0 Å². The Morgan fingerprint density at radius 2 is 1.92 bits per heavy atom. The number of ether oxygens (including phenoxy) is 1. The lowest BCUT2D eigenvalue weighted by Crippen LogP contribution is -2.09. The molecule has 0 saturated heterocycles. The van der Waals surface area contributed by atoms with E-state index in [0.717, 1.165) is 35.1 Å². The van der Waals surface area contributed by atoms with Gasteiger partial charge in [-0.2, -0.15) is 0 Å². The van der Waals surface area contributed by atoms with Crippen molar-refractivity contribution in [3.05, 3.63) is 58.7 Å². The molecule has 3 nitrogen and oxygen atoms in total. The third-order valence-electron chi connectivity index (χ3n) is 4.59. The number of pyridine rings is 1. The fraction of sp³-hybridized carbons (Fsp3) is 0.250. The Kier molecular flexibility index (Phi) is 4.03. The van der Waals surface area contributed by atoms with Crippen molar-refractivity contribution in [2.75, 3.05) is 12.4 Å². The number of benzene rings is 2. The minimum absolute atomic E-state index is 0.606. The van der Waals surface area contributed by atoms with Crippen LogP contribution in [0.25, 0.3) is 10.9 Å². The molecule has 2 aromatic carbocycles. The Balaban J connectivity index is 1.84. The molecule has 0 radical (unpaired) electrons. The smallest absolute Gasteiger partial charge is 0.137 e. The highest BCUT2D eigenvalue weighted by molar-refractivity contribution is 6.32. The summed E-state index contributed by atoms with van der Waals surface area (Å²) in [6.45, 7) is 0. The molecule has 4 heteroatoms. The van der Waals surface area contributed by atoms with Crippen LogP contribution in [0.15, 0.2) is 42.5 Å². The van der Waals surface area contributed by atoms with Gasteiger partial charge in [-0.1, -0.05) is 29.8 Å². The minimum Gasteiger partial charge on any atom is -0.495 e. The van der Waals surface area contributed by atoms with E-state index in [0.29, 0.717) is 10.8 Å². The van der Waals surface area contributed by atoms with Crippen LogP contribution in [0.3, 0.4) is 0 Å². The number of aryl methyl sites for hydroxylation is 1. The first-order chi connectivity index (χ1) is 11.8. The first kappa shape index (κ1) is 15.3. The SMILES string of the molecule is COc1ccc(Nc2c3c(nc4ccccc24)CCCC3)cc1Cl. The van der Waals surface area contributed by atoms with Crippen LogP contribution >= 0.6 is 11.6 Å². The van der Waals surface area contributed by atoms with Gasteiger partial charge in [-0.05, 0) is 55.5 Å². The van der Waals surface area contributed by atoms with Crippen molar-refractivity contribution in [2.45, 2.75) is 25.7 Å². The number of halogens is 1. The molecule has 1 heterocycles. The highest BCUT2D eigenvalue weighted by Gasteiger charge is 2.18. The van der Waals surface area contributed by atoms with E-state index in [1.807, 2.05) is 24.3 Å². The molecular weight excluding hydrogens is 320 g/mol. The number of rotatable bonds is 3. The maximum absolute atomic E-state index is 6.28. The first-order valence-corrected chi connectivity index (χ1v) is 8.65. The monoisotopic (exact) mass is 338 g/mol. The minimum atomic E-state index is 0.606. The van der Waals surface area contributed by atoms with Crippen molar-refractivity contribution < 1.29 is 4.74 Å². The van der Waals surface area contributed by atoms with Gasteiger partial charge in [0.2, 0.25) is 0 Å². The molecule has 1 N–H and O–H groups in total. The number of para-hydroxylation sites is 1. The fourth-order valence-electron chi connectivity index (χ4n) is 3.40. The highest BCUT2D eigenvalue weighted by atomic mass is 35.5. The Bertz CT molecular complexity index is 908. The number of aromatic nitrogens is 1. The van der Waals surface area contributed by atoms with Gasteiger partial charge < -0.3 is 10.1 Å². The summed E-state index contributed by atoms with van der Waals surface area (Å²) in [5, 5.41) is 5.35. The van der Waals surface area contributed by atoms with E-state index in [2.05, 4.69) is 23.5 Å². The van der Waals surface area contributed by atoms with Crippen LogP contribution < -0.4 is 10.1 Å². The van der Waals surface area contributed by atoms with Crippen LogP contribution in [0.2, 0.25) is 5.02 Å². The summed E-state index contributed by atoms with van der Waals surface area (Å²) in [5.74, 6) is 0.684. The summed E-state index contributed by atoms with van der Waals surface area (Å²) in [4.78, 5) is 4.88. The summed E-state index contributed by atoms with van der Waals surface area (Å²) < 4.78 is 5.24. The summed E-state index contributed by atoms with van der Waals surface area (Å²) in [7, 11) is 1.63. The maximum atomic E-state index is 6.28. The zero-order valence-corrected chi connectivity index (χ0v) is 14.4. The quantitative estimate of drug-likeness (QED) is 0.682. The first-order valence-electron chi connectivity index (χ1n) is 8.27. The molecule has 1 aliphatic rings. The molecule has 0 atom stereocenters. The molecule has 0 saturated carbocycles. The number of methoxy groups -OCH3 is 1. The van der Waals surface area contributed by atoms with Crippen molar-refractivity contribution >= 4 is 33.9 Å². The Morgan fingerprint density at radius 1 is 1.08 bits per heavy atom. The Morgan fingerprint density at radius 3 is 2.75 bits per heavy atom.